The van der Waals surface area contributed by atoms with E-state index in [1.807, 2.05) is 4.57 Å². The third-order valence-corrected chi connectivity index (χ3v) is 2.34. The molecule has 0 fully saturated rings. The lowest BCUT2D eigenvalue weighted by molar-refractivity contribution is 0.328. The van der Waals surface area contributed by atoms with Crippen LogP contribution < -0.4 is 0 Å². The molecule has 2 heterocycles. The summed E-state index contributed by atoms with van der Waals surface area (Å²) in [5, 5.41) is 0. The molecule has 0 radical (unpaired) electrons. The van der Waals surface area contributed by atoms with Crippen molar-refractivity contribution in [1.82, 2.24) is 9.55 Å². The van der Waals surface area contributed by atoms with Crippen molar-refractivity contribution in [2.24, 2.45) is 0 Å². The van der Waals surface area contributed by atoms with Gasteiger partial charge in [-0.1, -0.05) is 13.8 Å². The van der Waals surface area contributed by atoms with Crippen LogP contribution in [0.15, 0.2) is 6.33 Å². The van der Waals surface area contributed by atoms with Crippen molar-refractivity contribution in [2.45, 2.75) is 38.9 Å². The van der Waals surface area contributed by atoms with Crippen molar-refractivity contribution >= 4 is 0 Å². The van der Waals surface area contributed by atoms with Crippen LogP contribution in [0.3, 0.4) is 0 Å². The van der Waals surface area contributed by atoms with E-state index in [0.717, 1.165) is 11.4 Å². The lowest BCUT2D eigenvalue weighted by Gasteiger charge is -2.02. The van der Waals surface area contributed by atoms with E-state index >= 15 is 0 Å². The van der Waals surface area contributed by atoms with Gasteiger partial charge in [0, 0.05) is 12.1 Å². The van der Waals surface area contributed by atoms with Crippen LogP contribution in [0.1, 0.15) is 31.2 Å². The molecule has 0 saturated heterocycles. The summed E-state index contributed by atoms with van der Waals surface area (Å²) in [6.07, 6.45) is 1.61. The van der Waals surface area contributed by atoms with Gasteiger partial charge in [-0.25, -0.2) is 9.37 Å². The summed E-state index contributed by atoms with van der Waals surface area (Å²) in [4.78, 5) is 4.27. The van der Waals surface area contributed by atoms with Crippen molar-refractivity contribution in [2.75, 3.05) is 0 Å². The van der Waals surface area contributed by atoms with E-state index in [1.165, 1.54) is 0 Å². The Morgan fingerprint density at radius 2 is 2.42 bits per heavy atom. The molecule has 1 atom stereocenters. The van der Waals surface area contributed by atoms with Gasteiger partial charge >= 0.3 is 0 Å². The molecule has 12 heavy (non-hydrogen) atoms. The Morgan fingerprint density at radius 1 is 1.67 bits per heavy atom. The Morgan fingerprint density at radius 3 is 3.08 bits per heavy atom. The number of rotatable bonds is 1. The first-order chi connectivity index (χ1) is 5.68. The molecule has 1 aliphatic rings. The monoisotopic (exact) mass is 168 g/mol. The number of hydrogen-bond acceptors (Lipinski definition) is 1. The van der Waals surface area contributed by atoms with Crippen molar-refractivity contribution in [3.63, 3.8) is 0 Å². The molecule has 0 unspecified atom stereocenters. The highest BCUT2D eigenvalue weighted by Gasteiger charge is 2.25. The first kappa shape index (κ1) is 7.77. The third kappa shape index (κ3) is 1.04. The second-order valence-electron chi connectivity index (χ2n) is 3.68. The summed E-state index contributed by atoms with van der Waals surface area (Å²) in [5.41, 5.74) is 2.16. The number of halogens is 1. The highest BCUT2D eigenvalue weighted by atomic mass is 19.1. The first-order valence-electron chi connectivity index (χ1n) is 4.36. The fourth-order valence-electron chi connectivity index (χ4n) is 1.77. The summed E-state index contributed by atoms with van der Waals surface area (Å²) < 4.78 is 14.9. The van der Waals surface area contributed by atoms with Gasteiger partial charge in [0.15, 0.2) is 0 Å². The maximum absolute atomic E-state index is 12.9. The number of alkyl halides is 1. The fraction of sp³-hybridized carbons (Fsp3) is 0.667. The molecule has 2 rings (SSSR count). The van der Waals surface area contributed by atoms with Crippen LogP contribution in [0.5, 0.6) is 0 Å². The second-order valence-corrected chi connectivity index (χ2v) is 3.68. The smallest absolute Gasteiger partial charge is 0.123 e. The Bertz CT molecular complexity index is 291. The highest BCUT2D eigenvalue weighted by Crippen LogP contribution is 2.25. The average Bonchev–Trinajstić information content (AvgIpc) is 2.43. The van der Waals surface area contributed by atoms with Gasteiger partial charge in [-0.15, -0.1) is 0 Å². The molecule has 1 aromatic heterocycles. The topological polar surface area (TPSA) is 17.8 Å². The van der Waals surface area contributed by atoms with E-state index in [2.05, 4.69) is 18.8 Å². The van der Waals surface area contributed by atoms with Crippen LogP contribution >= 0.6 is 0 Å². The van der Waals surface area contributed by atoms with Crippen LogP contribution in [0.4, 0.5) is 4.39 Å². The molecule has 2 nitrogen and oxygen atoms in total. The van der Waals surface area contributed by atoms with E-state index < -0.39 is 6.17 Å². The molecule has 0 spiro atoms. The molecule has 1 aliphatic heterocycles. The van der Waals surface area contributed by atoms with E-state index in [0.29, 0.717) is 18.9 Å². The van der Waals surface area contributed by atoms with Gasteiger partial charge in [0.25, 0.3) is 0 Å². The molecule has 0 aromatic carbocycles. The van der Waals surface area contributed by atoms with Gasteiger partial charge in [-0.3, -0.25) is 0 Å². The van der Waals surface area contributed by atoms with Crippen LogP contribution in [0.2, 0.25) is 0 Å². The molecule has 0 saturated carbocycles. The Labute approximate surface area is 71.4 Å². The molecular formula is C9H13FN2. The maximum Gasteiger partial charge on any atom is 0.123 e. The highest BCUT2D eigenvalue weighted by molar-refractivity contribution is 5.20. The molecule has 1 aromatic rings. The molecule has 0 bridgehead atoms. The van der Waals surface area contributed by atoms with Crippen molar-refractivity contribution in [3.05, 3.63) is 17.7 Å². The summed E-state index contributed by atoms with van der Waals surface area (Å²) in [7, 11) is 0. The second kappa shape index (κ2) is 2.57. The summed E-state index contributed by atoms with van der Waals surface area (Å²) in [6, 6.07) is 0. The zero-order valence-corrected chi connectivity index (χ0v) is 7.42. The summed E-state index contributed by atoms with van der Waals surface area (Å²) in [5.74, 6) is 0.409. The quantitative estimate of drug-likeness (QED) is 0.626. The zero-order valence-electron chi connectivity index (χ0n) is 7.42. The standard InChI is InChI=1S/C9H13FN2/c1-6(2)9-8-3-7(10)4-12(8)5-11-9/h5-7H,3-4H2,1-2H3/t7-/m0/s1. The fourth-order valence-corrected chi connectivity index (χ4v) is 1.77. The zero-order chi connectivity index (χ0) is 8.72. The number of hydrogen-bond donors (Lipinski definition) is 0. The Kier molecular flexibility index (Phi) is 1.67. The predicted molar refractivity (Wildman–Crippen MR) is 44.9 cm³/mol. The largest absolute Gasteiger partial charge is 0.331 e. The maximum atomic E-state index is 12.9. The number of imidazole rings is 1. The number of fused-ring (bicyclic) bond motifs is 1. The molecule has 0 aliphatic carbocycles. The van der Waals surface area contributed by atoms with Gasteiger partial charge in [-0.05, 0) is 5.92 Å². The third-order valence-electron chi connectivity index (χ3n) is 2.34. The minimum absolute atomic E-state index is 0.409. The van der Waals surface area contributed by atoms with E-state index in [9.17, 15) is 4.39 Å². The molecular weight excluding hydrogens is 155 g/mol. The van der Waals surface area contributed by atoms with Gasteiger partial charge < -0.3 is 4.57 Å². The van der Waals surface area contributed by atoms with E-state index in [1.54, 1.807) is 6.33 Å². The van der Waals surface area contributed by atoms with Crippen molar-refractivity contribution < 1.29 is 4.39 Å². The normalized spacial score (nSPS) is 21.8. The van der Waals surface area contributed by atoms with Crippen LogP contribution in [-0.4, -0.2) is 15.7 Å². The number of aromatic nitrogens is 2. The molecule has 0 amide bonds. The SMILES string of the molecule is CC(C)c1ncn2c1C[C@H](F)C2. The number of nitrogens with zero attached hydrogens (tertiary/aromatic N) is 2. The lowest BCUT2D eigenvalue weighted by atomic mass is 10.1. The average molecular weight is 168 g/mol. The van der Waals surface area contributed by atoms with Crippen molar-refractivity contribution in [1.29, 1.82) is 0 Å². The summed E-state index contributed by atoms with van der Waals surface area (Å²) >= 11 is 0. The van der Waals surface area contributed by atoms with Gasteiger partial charge in [0.2, 0.25) is 0 Å². The van der Waals surface area contributed by atoms with Crippen LogP contribution in [0.25, 0.3) is 0 Å². The van der Waals surface area contributed by atoms with E-state index in [-0.39, 0.29) is 0 Å². The minimum atomic E-state index is -0.694. The molecule has 0 N–H and O–H groups in total. The van der Waals surface area contributed by atoms with Crippen LogP contribution in [-0.2, 0) is 13.0 Å². The molecule has 3 heteroatoms. The minimum Gasteiger partial charge on any atom is -0.331 e. The Balaban J connectivity index is 2.37. The first-order valence-corrected chi connectivity index (χ1v) is 4.36. The van der Waals surface area contributed by atoms with Gasteiger partial charge in [0.05, 0.1) is 18.6 Å². The van der Waals surface area contributed by atoms with Crippen molar-refractivity contribution in [3.8, 4) is 0 Å². The van der Waals surface area contributed by atoms with Gasteiger partial charge in [-0.2, -0.15) is 0 Å². The van der Waals surface area contributed by atoms with E-state index in [4.69, 9.17) is 0 Å². The molecule has 66 valence electrons. The predicted octanol–water partition coefficient (Wildman–Crippen LogP) is 1.90. The van der Waals surface area contributed by atoms with Crippen LogP contribution in [0, 0.1) is 0 Å². The Hall–Kier alpha value is -0.860. The van der Waals surface area contributed by atoms with Gasteiger partial charge in [0.1, 0.15) is 6.17 Å². The lowest BCUT2D eigenvalue weighted by Crippen LogP contribution is -2.01. The summed E-state index contributed by atoms with van der Waals surface area (Å²) in [6.45, 7) is 4.68.